The minimum atomic E-state index is -0.474. The minimum absolute atomic E-state index is 0.0125. The van der Waals surface area contributed by atoms with Crippen LogP contribution in [0.5, 0.6) is 0 Å². The summed E-state index contributed by atoms with van der Waals surface area (Å²) in [6.45, 7) is 2.54. The van der Waals surface area contributed by atoms with Crippen LogP contribution in [0.4, 0.5) is 10.5 Å². The highest BCUT2D eigenvalue weighted by atomic mass is 16.6. The largest absolute Gasteiger partial charge is 0.396 e. The smallest absolute Gasteiger partial charge is 0.315 e. The van der Waals surface area contributed by atoms with E-state index in [4.69, 9.17) is 5.11 Å². The van der Waals surface area contributed by atoms with Crippen molar-refractivity contribution in [1.29, 1.82) is 0 Å². The first-order valence-electron chi connectivity index (χ1n) is 6.39. The number of nitrogens with one attached hydrogen (secondary N) is 2. The Kier molecular flexibility index (Phi) is 6.45. The van der Waals surface area contributed by atoms with Crippen LogP contribution in [-0.4, -0.2) is 29.2 Å². The van der Waals surface area contributed by atoms with Crippen LogP contribution in [0.15, 0.2) is 24.3 Å². The second-order valence-corrected chi connectivity index (χ2v) is 4.57. The van der Waals surface area contributed by atoms with Gasteiger partial charge >= 0.3 is 6.03 Å². The Morgan fingerprint density at radius 3 is 2.75 bits per heavy atom. The van der Waals surface area contributed by atoms with Gasteiger partial charge in [0.2, 0.25) is 0 Å². The molecule has 7 nitrogen and oxygen atoms in total. The van der Waals surface area contributed by atoms with Crippen molar-refractivity contribution in [2.24, 2.45) is 5.92 Å². The number of para-hydroxylation sites is 1. The Morgan fingerprint density at radius 1 is 1.40 bits per heavy atom. The van der Waals surface area contributed by atoms with Crippen LogP contribution in [-0.2, 0) is 6.54 Å². The molecule has 0 radical (unpaired) electrons. The van der Waals surface area contributed by atoms with Gasteiger partial charge in [0.25, 0.3) is 5.69 Å². The van der Waals surface area contributed by atoms with Gasteiger partial charge in [0.05, 0.1) is 11.5 Å². The number of benzene rings is 1. The van der Waals surface area contributed by atoms with Crippen LogP contribution in [0.1, 0.15) is 18.9 Å². The van der Waals surface area contributed by atoms with Gasteiger partial charge in [0, 0.05) is 24.8 Å². The average Bonchev–Trinajstić information content (AvgIpc) is 2.43. The summed E-state index contributed by atoms with van der Waals surface area (Å²) in [5.41, 5.74) is 0.442. The normalized spacial score (nSPS) is 11.7. The van der Waals surface area contributed by atoms with Gasteiger partial charge in [-0.1, -0.05) is 25.1 Å². The van der Waals surface area contributed by atoms with Gasteiger partial charge in [-0.15, -0.1) is 0 Å². The number of hydrogen-bond donors (Lipinski definition) is 3. The molecule has 3 N–H and O–H groups in total. The maximum atomic E-state index is 11.6. The molecule has 2 amide bonds. The predicted molar refractivity (Wildman–Crippen MR) is 74.2 cm³/mol. The Labute approximate surface area is 117 Å². The lowest BCUT2D eigenvalue weighted by molar-refractivity contribution is -0.385. The van der Waals surface area contributed by atoms with E-state index in [0.717, 1.165) is 0 Å². The number of carbonyl (C=O) groups excluding carboxylic acids is 1. The van der Waals surface area contributed by atoms with Crippen molar-refractivity contribution in [3.8, 4) is 0 Å². The van der Waals surface area contributed by atoms with Crippen LogP contribution < -0.4 is 10.6 Å². The SMILES string of the molecule is CC(CCO)CNC(=O)NCc1ccccc1[N+](=O)[O-]. The van der Waals surface area contributed by atoms with Crippen molar-refractivity contribution in [2.45, 2.75) is 19.9 Å². The summed E-state index contributed by atoms with van der Waals surface area (Å²) in [6, 6.07) is 5.89. The van der Waals surface area contributed by atoms with Crippen LogP contribution in [0.3, 0.4) is 0 Å². The van der Waals surface area contributed by atoms with Gasteiger partial charge in [-0.3, -0.25) is 10.1 Å². The second kappa shape index (κ2) is 8.11. The van der Waals surface area contributed by atoms with E-state index in [1.165, 1.54) is 6.07 Å². The molecule has 1 atom stereocenters. The van der Waals surface area contributed by atoms with E-state index >= 15 is 0 Å². The summed E-state index contributed by atoms with van der Waals surface area (Å²) in [6.07, 6.45) is 0.616. The maximum absolute atomic E-state index is 11.6. The summed E-state index contributed by atoms with van der Waals surface area (Å²) in [5, 5.41) is 24.8. The van der Waals surface area contributed by atoms with Gasteiger partial charge in [0.15, 0.2) is 0 Å². The van der Waals surface area contributed by atoms with E-state index in [1.54, 1.807) is 18.2 Å². The van der Waals surface area contributed by atoms with Crippen molar-refractivity contribution in [3.05, 3.63) is 39.9 Å². The maximum Gasteiger partial charge on any atom is 0.315 e. The van der Waals surface area contributed by atoms with Gasteiger partial charge in [-0.05, 0) is 12.3 Å². The third-order valence-corrected chi connectivity index (χ3v) is 2.86. The van der Waals surface area contributed by atoms with E-state index in [9.17, 15) is 14.9 Å². The van der Waals surface area contributed by atoms with Gasteiger partial charge < -0.3 is 15.7 Å². The molecular formula is C13H19N3O4. The highest BCUT2D eigenvalue weighted by Gasteiger charge is 2.13. The zero-order valence-corrected chi connectivity index (χ0v) is 11.3. The zero-order valence-electron chi connectivity index (χ0n) is 11.3. The van der Waals surface area contributed by atoms with Gasteiger partial charge in [-0.2, -0.15) is 0 Å². The van der Waals surface area contributed by atoms with Gasteiger partial charge in [0.1, 0.15) is 0 Å². The molecule has 0 bridgehead atoms. The van der Waals surface area contributed by atoms with E-state index in [-0.39, 0.29) is 30.8 Å². The number of rotatable bonds is 7. The fourth-order valence-electron chi connectivity index (χ4n) is 1.67. The molecule has 0 saturated heterocycles. The lowest BCUT2D eigenvalue weighted by Gasteiger charge is -2.12. The number of nitro benzene ring substituents is 1. The van der Waals surface area contributed by atoms with Crippen LogP contribution in [0.25, 0.3) is 0 Å². The van der Waals surface area contributed by atoms with Crippen LogP contribution >= 0.6 is 0 Å². The third-order valence-electron chi connectivity index (χ3n) is 2.86. The quantitative estimate of drug-likeness (QED) is 0.519. The lowest BCUT2D eigenvalue weighted by atomic mass is 10.1. The Bertz CT molecular complexity index is 465. The van der Waals surface area contributed by atoms with E-state index in [1.807, 2.05) is 6.92 Å². The summed E-state index contributed by atoms with van der Waals surface area (Å²) in [5.74, 6) is 0.178. The topological polar surface area (TPSA) is 104 Å². The molecule has 0 spiro atoms. The monoisotopic (exact) mass is 281 g/mol. The van der Waals surface area contributed by atoms with Crippen molar-refractivity contribution in [3.63, 3.8) is 0 Å². The average molecular weight is 281 g/mol. The second-order valence-electron chi connectivity index (χ2n) is 4.57. The molecule has 0 heterocycles. The third kappa shape index (κ3) is 5.23. The fraction of sp³-hybridized carbons (Fsp3) is 0.462. The summed E-state index contributed by atoms with van der Waals surface area (Å²) in [4.78, 5) is 21.9. The number of amides is 2. The molecule has 1 unspecified atom stereocenters. The minimum Gasteiger partial charge on any atom is -0.396 e. The Hall–Kier alpha value is -2.15. The Morgan fingerprint density at radius 2 is 2.10 bits per heavy atom. The summed E-state index contributed by atoms with van der Waals surface area (Å²) in [7, 11) is 0. The molecule has 0 aromatic heterocycles. The molecule has 1 aromatic rings. The molecule has 0 aliphatic heterocycles. The first kappa shape index (κ1) is 15.9. The molecule has 0 saturated carbocycles. The standard InChI is InChI=1S/C13H19N3O4/c1-10(6-7-17)8-14-13(18)15-9-11-4-2-3-5-12(11)16(19)20/h2-5,10,17H,6-9H2,1H3,(H2,14,15,18). The molecule has 7 heteroatoms. The molecule has 0 aliphatic carbocycles. The van der Waals surface area contributed by atoms with Crippen LogP contribution in [0, 0.1) is 16.0 Å². The molecule has 20 heavy (non-hydrogen) atoms. The molecular weight excluding hydrogens is 262 g/mol. The number of aliphatic hydroxyl groups is 1. The van der Waals surface area contributed by atoms with Crippen molar-refractivity contribution in [2.75, 3.05) is 13.2 Å². The van der Waals surface area contributed by atoms with Gasteiger partial charge in [-0.25, -0.2) is 4.79 Å². The summed E-state index contributed by atoms with van der Waals surface area (Å²) >= 11 is 0. The van der Waals surface area contributed by atoms with Crippen molar-refractivity contribution in [1.82, 2.24) is 10.6 Å². The van der Waals surface area contributed by atoms with E-state index in [0.29, 0.717) is 18.5 Å². The zero-order chi connectivity index (χ0) is 15.0. The number of carbonyl (C=O) groups is 1. The number of nitrogens with zero attached hydrogens (tertiary/aromatic N) is 1. The number of hydrogen-bond acceptors (Lipinski definition) is 4. The first-order chi connectivity index (χ1) is 9.54. The Balaban J connectivity index is 2.43. The molecule has 1 rings (SSSR count). The highest BCUT2D eigenvalue weighted by Crippen LogP contribution is 2.16. The number of nitro groups is 1. The van der Waals surface area contributed by atoms with Crippen molar-refractivity contribution < 1.29 is 14.8 Å². The molecule has 1 aromatic carbocycles. The highest BCUT2D eigenvalue weighted by molar-refractivity contribution is 5.73. The number of urea groups is 1. The van der Waals surface area contributed by atoms with Crippen molar-refractivity contribution >= 4 is 11.7 Å². The molecule has 110 valence electrons. The lowest BCUT2D eigenvalue weighted by Crippen LogP contribution is -2.37. The van der Waals surface area contributed by atoms with E-state index < -0.39 is 4.92 Å². The fourth-order valence-corrected chi connectivity index (χ4v) is 1.67. The van der Waals surface area contributed by atoms with Crippen LogP contribution in [0.2, 0.25) is 0 Å². The predicted octanol–water partition coefficient (Wildman–Crippen LogP) is 1.41. The number of aliphatic hydroxyl groups excluding tert-OH is 1. The first-order valence-corrected chi connectivity index (χ1v) is 6.39. The van der Waals surface area contributed by atoms with E-state index in [2.05, 4.69) is 10.6 Å². The summed E-state index contributed by atoms with van der Waals surface area (Å²) < 4.78 is 0. The molecule has 0 fully saturated rings. The molecule has 0 aliphatic rings.